The molecule has 4 aromatic heterocycles. The quantitative estimate of drug-likeness (QED) is 0.217. The maximum atomic E-state index is 5.99. The van der Waals surface area contributed by atoms with E-state index in [0.717, 1.165) is 75.9 Å². The lowest BCUT2D eigenvalue weighted by Gasteiger charge is -2.10. The second-order valence-electron chi connectivity index (χ2n) is 8.93. The molecule has 5 aromatic rings. The van der Waals surface area contributed by atoms with Crippen molar-refractivity contribution in [1.82, 2.24) is 24.9 Å². The Bertz CT molecular complexity index is 1510. The summed E-state index contributed by atoms with van der Waals surface area (Å²) in [6, 6.07) is 10.4. The molecule has 0 radical (unpaired) electrons. The number of aromatic amines is 1. The Labute approximate surface area is 216 Å². The van der Waals surface area contributed by atoms with Gasteiger partial charge in [-0.25, -0.2) is 4.98 Å². The van der Waals surface area contributed by atoms with E-state index in [1.165, 1.54) is 5.56 Å². The molecular weight excluding hydrogens is 464 g/mol. The largest absolute Gasteiger partial charge is 0.492 e. The Morgan fingerprint density at radius 1 is 0.946 bits per heavy atom. The minimum atomic E-state index is 0.544. The van der Waals surface area contributed by atoms with Crippen LogP contribution in [-0.2, 0) is 12.8 Å². The first-order valence-corrected chi connectivity index (χ1v) is 12.8. The highest BCUT2D eigenvalue weighted by molar-refractivity contribution is 5.98. The zero-order chi connectivity index (χ0) is 25.6. The van der Waals surface area contributed by atoms with Crippen molar-refractivity contribution >= 4 is 27.9 Å². The molecule has 0 aliphatic heterocycles. The number of anilines is 1. The molecule has 0 atom stereocenters. The summed E-state index contributed by atoms with van der Waals surface area (Å²) in [6.07, 6.45) is 11.1. The Balaban J connectivity index is 1.27. The number of fused-ring (bicyclic) bond motifs is 2. The van der Waals surface area contributed by atoms with Gasteiger partial charge in [0.1, 0.15) is 17.1 Å². The molecule has 5 rings (SSSR count). The number of rotatable bonds is 11. The average molecular weight is 497 g/mol. The molecule has 0 aliphatic carbocycles. The fourth-order valence-corrected chi connectivity index (χ4v) is 4.47. The van der Waals surface area contributed by atoms with Gasteiger partial charge in [-0.05, 0) is 48.2 Å². The van der Waals surface area contributed by atoms with Gasteiger partial charge in [0.2, 0.25) is 5.95 Å². The maximum Gasteiger partial charge on any atom is 0.224 e. The molecule has 1 aromatic carbocycles. The van der Waals surface area contributed by atoms with Crippen LogP contribution in [0.5, 0.6) is 11.5 Å². The molecule has 37 heavy (non-hydrogen) atoms. The van der Waals surface area contributed by atoms with E-state index < -0.39 is 0 Å². The van der Waals surface area contributed by atoms with Gasteiger partial charge in [-0.3, -0.25) is 9.97 Å². The summed E-state index contributed by atoms with van der Waals surface area (Å²) in [5.41, 5.74) is 6.13. The fraction of sp³-hybridized carbons (Fsp3) is 0.310. The topological polar surface area (TPSA) is 97.8 Å². The van der Waals surface area contributed by atoms with Crippen LogP contribution < -0.4 is 14.8 Å². The molecule has 8 nitrogen and oxygen atoms in total. The lowest BCUT2D eigenvalue weighted by atomic mass is 10.0. The molecule has 4 heterocycles. The predicted octanol–water partition coefficient (Wildman–Crippen LogP) is 5.97. The minimum absolute atomic E-state index is 0.544. The first-order valence-electron chi connectivity index (χ1n) is 12.8. The number of nitrogens with zero attached hydrogens (tertiary/aromatic N) is 4. The number of pyridine rings is 2. The highest BCUT2D eigenvalue weighted by atomic mass is 16.5. The standard InChI is InChI=1S/C29H32N6O2/c1-4-7-19-12-22(16-31-15-19)36-10-6-11-37-23-14-21-13-20(8-9-26(21)32-17-23)24-18-33-28-27(24)25(5-2)34-29(30-3)35-28/h8-9,12-18H,4-7,10-11H2,1-3H3,(H2,30,33,34,35). The van der Waals surface area contributed by atoms with Crippen LogP contribution in [0.25, 0.3) is 33.1 Å². The van der Waals surface area contributed by atoms with Crippen LogP contribution in [0.4, 0.5) is 5.95 Å². The van der Waals surface area contributed by atoms with Crippen LogP contribution in [0.2, 0.25) is 0 Å². The maximum absolute atomic E-state index is 5.99. The van der Waals surface area contributed by atoms with E-state index in [9.17, 15) is 0 Å². The van der Waals surface area contributed by atoms with Gasteiger partial charge in [-0.2, -0.15) is 4.98 Å². The van der Waals surface area contributed by atoms with Crippen LogP contribution in [0.1, 0.15) is 37.9 Å². The van der Waals surface area contributed by atoms with Gasteiger partial charge in [0.05, 0.1) is 36.8 Å². The summed E-state index contributed by atoms with van der Waals surface area (Å²) in [5.74, 6) is 2.17. The number of ether oxygens (including phenoxy) is 2. The lowest BCUT2D eigenvalue weighted by molar-refractivity contribution is 0.246. The summed E-state index contributed by atoms with van der Waals surface area (Å²) in [6.45, 7) is 5.38. The van der Waals surface area contributed by atoms with Gasteiger partial charge in [0.25, 0.3) is 0 Å². The van der Waals surface area contributed by atoms with Gasteiger partial charge < -0.3 is 19.8 Å². The number of H-pyrrole nitrogens is 1. The van der Waals surface area contributed by atoms with E-state index in [1.54, 1.807) is 12.4 Å². The third kappa shape index (κ3) is 5.48. The molecule has 0 bridgehead atoms. The fourth-order valence-electron chi connectivity index (χ4n) is 4.47. The Kier molecular flexibility index (Phi) is 7.44. The molecule has 0 aliphatic rings. The van der Waals surface area contributed by atoms with Crippen molar-refractivity contribution in [2.75, 3.05) is 25.6 Å². The molecule has 0 amide bonds. The van der Waals surface area contributed by atoms with E-state index in [4.69, 9.17) is 9.47 Å². The van der Waals surface area contributed by atoms with Crippen LogP contribution in [0, 0.1) is 0 Å². The molecule has 2 N–H and O–H groups in total. The summed E-state index contributed by atoms with van der Waals surface area (Å²) in [7, 11) is 1.83. The van der Waals surface area contributed by atoms with Crippen molar-refractivity contribution in [2.24, 2.45) is 0 Å². The van der Waals surface area contributed by atoms with E-state index in [-0.39, 0.29) is 0 Å². The Hall–Kier alpha value is -4.20. The van der Waals surface area contributed by atoms with Gasteiger partial charge in [-0.15, -0.1) is 0 Å². The molecular formula is C29H32N6O2. The van der Waals surface area contributed by atoms with Crippen molar-refractivity contribution in [1.29, 1.82) is 0 Å². The lowest BCUT2D eigenvalue weighted by Crippen LogP contribution is -2.05. The predicted molar refractivity (Wildman–Crippen MR) is 147 cm³/mol. The number of aryl methyl sites for hydroxylation is 2. The van der Waals surface area contributed by atoms with E-state index in [0.29, 0.717) is 19.2 Å². The number of hydrogen-bond donors (Lipinski definition) is 2. The third-order valence-electron chi connectivity index (χ3n) is 6.27. The highest BCUT2D eigenvalue weighted by Gasteiger charge is 2.14. The summed E-state index contributed by atoms with van der Waals surface area (Å²) in [5, 5.41) is 5.11. The van der Waals surface area contributed by atoms with Crippen molar-refractivity contribution in [3.05, 3.63) is 66.4 Å². The van der Waals surface area contributed by atoms with Crippen molar-refractivity contribution in [2.45, 2.75) is 39.5 Å². The first kappa shape index (κ1) is 24.5. The molecule has 190 valence electrons. The Morgan fingerprint density at radius 3 is 2.57 bits per heavy atom. The smallest absolute Gasteiger partial charge is 0.224 e. The van der Waals surface area contributed by atoms with Crippen molar-refractivity contribution < 1.29 is 9.47 Å². The SMILES string of the molecule is CCCc1cncc(OCCCOc2cnc3ccc(-c4c[nH]c5nc(NC)nc(CC)c45)cc3c2)c1. The zero-order valence-electron chi connectivity index (χ0n) is 21.5. The van der Waals surface area contributed by atoms with Crippen LogP contribution in [0.15, 0.2) is 55.1 Å². The Morgan fingerprint density at radius 2 is 1.78 bits per heavy atom. The third-order valence-corrected chi connectivity index (χ3v) is 6.27. The summed E-state index contributed by atoms with van der Waals surface area (Å²) < 4.78 is 11.8. The summed E-state index contributed by atoms with van der Waals surface area (Å²) >= 11 is 0. The van der Waals surface area contributed by atoms with E-state index >= 15 is 0 Å². The average Bonchev–Trinajstić information content (AvgIpc) is 3.36. The number of benzene rings is 1. The summed E-state index contributed by atoms with van der Waals surface area (Å²) in [4.78, 5) is 21.4. The number of hydrogen-bond acceptors (Lipinski definition) is 7. The molecule has 0 saturated carbocycles. The molecule has 8 heteroatoms. The van der Waals surface area contributed by atoms with Crippen LogP contribution in [-0.4, -0.2) is 45.2 Å². The van der Waals surface area contributed by atoms with Gasteiger partial charge in [-0.1, -0.05) is 26.3 Å². The van der Waals surface area contributed by atoms with Gasteiger partial charge in [0.15, 0.2) is 0 Å². The van der Waals surface area contributed by atoms with Crippen LogP contribution >= 0.6 is 0 Å². The van der Waals surface area contributed by atoms with Gasteiger partial charge in [0, 0.05) is 42.2 Å². The van der Waals surface area contributed by atoms with Crippen LogP contribution in [0.3, 0.4) is 0 Å². The molecule has 0 fully saturated rings. The minimum Gasteiger partial charge on any atom is -0.492 e. The zero-order valence-corrected chi connectivity index (χ0v) is 21.5. The van der Waals surface area contributed by atoms with E-state index in [2.05, 4.69) is 62.3 Å². The first-order chi connectivity index (χ1) is 18.2. The number of nitrogens with one attached hydrogen (secondary N) is 2. The van der Waals surface area contributed by atoms with Crippen molar-refractivity contribution in [3.8, 4) is 22.6 Å². The highest BCUT2D eigenvalue weighted by Crippen LogP contribution is 2.33. The van der Waals surface area contributed by atoms with E-state index in [1.807, 2.05) is 31.6 Å². The monoisotopic (exact) mass is 496 g/mol. The van der Waals surface area contributed by atoms with Crippen molar-refractivity contribution in [3.63, 3.8) is 0 Å². The molecule has 0 unspecified atom stereocenters. The normalized spacial score (nSPS) is 11.2. The number of aromatic nitrogens is 5. The second kappa shape index (κ2) is 11.2. The molecule has 0 spiro atoms. The van der Waals surface area contributed by atoms with Gasteiger partial charge >= 0.3 is 0 Å². The molecule has 0 saturated heterocycles. The second-order valence-corrected chi connectivity index (χ2v) is 8.93.